The van der Waals surface area contributed by atoms with Crippen LogP contribution < -0.4 is 9.62 Å². The molecule has 0 aliphatic carbocycles. The van der Waals surface area contributed by atoms with Gasteiger partial charge in [-0.1, -0.05) is 17.7 Å². The van der Waals surface area contributed by atoms with Crippen molar-refractivity contribution in [2.24, 2.45) is 0 Å². The van der Waals surface area contributed by atoms with E-state index < -0.39 is 15.8 Å². The quantitative estimate of drug-likeness (QED) is 0.832. The smallest absolute Gasteiger partial charge is 0.240 e. The zero-order valence-corrected chi connectivity index (χ0v) is 15.4. The van der Waals surface area contributed by atoms with Gasteiger partial charge in [0.1, 0.15) is 5.82 Å². The van der Waals surface area contributed by atoms with Gasteiger partial charge in [0.15, 0.2) is 0 Å². The van der Waals surface area contributed by atoms with Gasteiger partial charge in [0.05, 0.1) is 4.90 Å². The minimum absolute atomic E-state index is 0.00475. The van der Waals surface area contributed by atoms with Crippen molar-refractivity contribution >= 4 is 33.2 Å². The summed E-state index contributed by atoms with van der Waals surface area (Å²) in [5.74, 6) is -0.751. The fourth-order valence-electron chi connectivity index (χ4n) is 2.21. The lowest BCUT2D eigenvalue weighted by Gasteiger charge is -2.22. The lowest BCUT2D eigenvalue weighted by Crippen LogP contribution is -2.37. The number of sulfonamides is 1. The van der Waals surface area contributed by atoms with Gasteiger partial charge in [0.25, 0.3) is 0 Å². The Hall–Kier alpha value is -1.96. The zero-order chi connectivity index (χ0) is 18.6. The van der Waals surface area contributed by atoms with Gasteiger partial charge in [-0.15, -0.1) is 0 Å². The first-order chi connectivity index (χ1) is 11.7. The average molecular weight is 385 g/mol. The summed E-state index contributed by atoms with van der Waals surface area (Å²) in [7, 11) is -3.78. The number of rotatable bonds is 6. The number of aryl methyl sites for hydroxylation is 1. The van der Waals surface area contributed by atoms with E-state index in [0.717, 1.165) is 17.7 Å². The van der Waals surface area contributed by atoms with Gasteiger partial charge in [-0.25, -0.2) is 17.5 Å². The van der Waals surface area contributed by atoms with Crippen molar-refractivity contribution in [3.8, 4) is 0 Å². The zero-order valence-electron chi connectivity index (χ0n) is 13.8. The van der Waals surface area contributed by atoms with Crippen LogP contribution in [0.3, 0.4) is 0 Å². The summed E-state index contributed by atoms with van der Waals surface area (Å²) in [5.41, 5.74) is 1.47. The first-order valence-electron chi connectivity index (χ1n) is 7.50. The van der Waals surface area contributed by atoms with Gasteiger partial charge in [-0.2, -0.15) is 0 Å². The second kappa shape index (κ2) is 7.95. The van der Waals surface area contributed by atoms with Crippen molar-refractivity contribution in [3.05, 3.63) is 58.9 Å². The Morgan fingerprint density at radius 2 is 1.84 bits per heavy atom. The van der Waals surface area contributed by atoms with Gasteiger partial charge in [-0.05, 0) is 48.9 Å². The summed E-state index contributed by atoms with van der Waals surface area (Å²) in [5, 5.41) is 0.524. The first-order valence-corrected chi connectivity index (χ1v) is 9.36. The number of amides is 1. The van der Waals surface area contributed by atoms with Gasteiger partial charge < -0.3 is 4.90 Å². The normalized spacial score (nSPS) is 11.4. The van der Waals surface area contributed by atoms with Crippen LogP contribution in [0.15, 0.2) is 47.4 Å². The molecule has 0 unspecified atom stereocenters. The van der Waals surface area contributed by atoms with Crippen LogP contribution in [0.2, 0.25) is 5.02 Å². The third-order valence-electron chi connectivity index (χ3n) is 3.60. The summed E-state index contributed by atoms with van der Waals surface area (Å²) < 4.78 is 39.6. The molecule has 0 fully saturated rings. The van der Waals surface area contributed by atoms with Crippen LogP contribution >= 0.6 is 11.6 Å². The highest BCUT2D eigenvalue weighted by molar-refractivity contribution is 7.89. The van der Waals surface area contributed by atoms with E-state index in [0.29, 0.717) is 10.7 Å². The number of hydrogen-bond donors (Lipinski definition) is 1. The maximum Gasteiger partial charge on any atom is 0.240 e. The van der Waals surface area contributed by atoms with Crippen molar-refractivity contribution in [2.75, 3.05) is 18.0 Å². The molecule has 1 amide bonds. The van der Waals surface area contributed by atoms with E-state index in [1.54, 1.807) is 18.2 Å². The summed E-state index contributed by atoms with van der Waals surface area (Å²) in [6, 6.07) is 9.70. The SMILES string of the molecule is CC(=O)N(CCNS(=O)(=O)c1ccc(F)cc1)c1ccc(C)c(Cl)c1. The van der Waals surface area contributed by atoms with Gasteiger partial charge in [-0.3, -0.25) is 4.79 Å². The lowest BCUT2D eigenvalue weighted by atomic mass is 10.2. The maximum atomic E-state index is 12.9. The predicted octanol–water partition coefficient (Wildman–Crippen LogP) is 3.12. The molecular weight excluding hydrogens is 367 g/mol. The highest BCUT2D eigenvalue weighted by atomic mass is 35.5. The molecule has 5 nitrogen and oxygen atoms in total. The van der Waals surface area contributed by atoms with E-state index >= 15 is 0 Å². The second-order valence-corrected chi connectivity index (χ2v) is 7.63. The molecule has 2 aromatic carbocycles. The molecule has 2 rings (SSSR count). The molecule has 25 heavy (non-hydrogen) atoms. The minimum atomic E-state index is -3.78. The molecular formula is C17H18ClFN2O3S. The molecule has 0 atom stereocenters. The number of benzene rings is 2. The van der Waals surface area contributed by atoms with E-state index in [1.807, 2.05) is 6.92 Å². The topological polar surface area (TPSA) is 66.5 Å². The third-order valence-corrected chi connectivity index (χ3v) is 5.48. The molecule has 0 aromatic heterocycles. The van der Waals surface area contributed by atoms with E-state index in [2.05, 4.69) is 4.72 Å². The van der Waals surface area contributed by atoms with E-state index in [9.17, 15) is 17.6 Å². The fraction of sp³-hybridized carbons (Fsp3) is 0.235. The highest BCUT2D eigenvalue weighted by Gasteiger charge is 2.16. The van der Waals surface area contributed by atoms with Crippen molar-refractivity contribution in [3.63, 3.8) is 0 Å². The molecule has 0 saturated heterocycles. The third kappa shape index (κ3) is 5.01. The van der Waals surface area contributed by atoms with Crippen LogP contribution in [0.5, 0.6) is 0 Å². The molecule has 8 heteroatoms. The number of carbonyl (C=O) groups excluding carboxylic acids is 1. The van der Waals surface area contributed by atoms with Crippen LogP contribution in [-0.4, -0.2) is 27.4 Å². The Labute approximate surface area is 151 Å². The number of carbonyl (C=O) groups is 1. The van der Waals surface area contributed by atoms with E-state index in [1.165, 1.54) is 24.0 Å². The van der Waals surface area contributed by atoms with Crippen molar-refractivity contribution in [2.45, 2.75) is 18.7 Å². The Bertz CT molecular complexity index is 870. The summed E-state index contributed by atoms with van der Waals surface area (Å²) in [4.78, 5) is 13.3. The fourth-order valence-corrected chi connectivity index (χ4v) is 3.40. The van der Waals surface area contributed by atoms with Gasteiger partial charge in [0, 0.05) is 30.7 Å². The predicted molar refractivity (Wildman–Crippen MR) is 95.8 cm³/mol. The van der Waals surface area contributed by atoms with E-state index in [4.69, 9.17) is 11.6 Å². The number of halogens is 2. The molecule has 0 aliphatic rings. The Morgan fingerprint density at radius 3 is 2.40 bits per heavy atom. The lowest BCUT2D eigenvalue weighted by molar-refractivity contribution is -0.116. The van der Waals surface area contributed by atoms with E-state index in [-0.39, 0.29) is 23.9 Å². The number of hydrogen-bond acceptors (Lipinski definition) is 3. The maximum absolute atomic E-state index is 12.9. The van der Waals surface area contributed by atoms with Crippen molar-refractivity contribution in [1.29, 1.82) is 0 Å². The Balaban J connectivity index is 2.07. The van der Waals surface area contributed by atoms with Gasteiger partial charge in [0.2, 0.25) is 15.9 Å². The van der Waals surface area contributed by atoms with Crippen LogP contribution in [0.4, 0.5) is 10.1 Å². The minimum Gasteiger partial charge on any atom is -0.311 e. The molecule has 134 valence electrons. The standard InChI is InChI=1S/C17H18ClFN2O3S/c1-12-3-6-15(11-17(12)18)21(13(2)22)10-9-20-25(23,24)16-7-4-14(19)5-8-16/h3-8,11,20H,9-10H2,1-2H3. The molecule has 0 saturated carbocycles. The molecule has 0 radical (unpaired) electrons. The molecule has 0 spiro atoms. The Kier molecular flexibility index (Phi) is 6.16. The van der Waals surface area contributed by atoms with Crippen LogP contribution in [0.25, 0.3) is 0 Å². The highest BCUT2D eigenvalue weighted by Crippen LogP contribution is 2.23. The van der Waals surface area contributed by atoms with Crippen LogP contribution in [0.1, 0.15) is 12.5 Å². The van der Waals surface area contributed by atoms with Gasteiger partial charge >= 0.3 is 0 Å². The Morgan fingerprint density at radius 1 is 1.20 bits per heavy atom. The van der Waals surface area contributed by atoms with Crippen molar-refractivity contribution in [1.82, 2.24) is 4.72 Å². The van der Waals surface area contributed by atoms with Crippen LogP contribution in [0, 0.1) is 12.7 Å². The largest absolute Gasteiger partial charge is 0.311 e. The second-order valence-electron chi connectivity index (χ2n) is 5.46. The molecule has 0 bridgehead atoms. The molecule has 2 aromatic rings. The summed E-state index contributed by atoms with van der Waals surface area (Å²) >= 11 is 6.08. The number of nitrogens with zero attached hydrogens (tertiary/aromatic N) is 1. The van der Waals surface area contributed by atoms with Crippen molar-refractivity contribution < 1.29 is 17.6 Å². The summed E-state index contributed by atoms with van der Waals surface area (Å²) in [6.45, 7) is 3.38. The molecule has 1 N–H and O–H groups in total. The monoisotopic (exact) mass is 384 g/mol. The summed E-state index contributed by atoms with van der Waals surface area (Å²) in [6.07, 6.45) is 0. The number of nitrogens with one attached hydrogen (secondary N) is 1. The molecule has 0 heterocycles. The molecule has 0 aliphatic heterocycles. The van der Waals surface area contributed by atoms with Crippen LogP contribution in [-0.2, 0) is 14.8 Å². The average Bonchev–Trinajstić information content (AvgIpc) is 2.54. The first kappa shape index (κ1) is 19.4. The number of anilines is 1.